The fourth-order valence-electron chi connectivity index (χ4n) is 7.17. The Hall–Kier alpha value is -0.900. The maximum Gasteiger partial charge on any atom is 0.391 e. The number of alkyl halides is 3. The molecule has 9 heteroatoms. The number of halogens is 3. The van der Waals surface area contributed by atoms with Crippen molar-refractivity contribution in [1.29, 1.82) is 0 Å². The zero-order valence-corrected chi connectivity index (χ0v) is 17.8. The largest absolute Gasteiger partial charge is 0.391 e. The molecule has 0 spiro atoms. The van der Waals surface area contributed by atoms with E-state index in [9.17, 15) is 18.0 Å². The molecule has 0 aromatic heterocycles. The second-order valence-corrected chi connectivity index (χ2v) is 10.6. The summed E-state index contributed by atoms with van der Waals surface area (Å²) in [5.41, 5.74) is 3.26. The summed E-state index contributed by atoms with van der Waals surface area (Å²) in [4.78, 5) is 12.6. The lowest BCUT2D eigenvalue weighted by molar-refractivity contribution is -0.189. The summed E-state index contributed by atoms with van der Waals surface area (Å²) in [6, 6.07) is 0.288. The van der Waals surface area contributed by atoms with E-state index in [4.69, 9.17) is 0 Å². The first-order valence-corrected chi connectivity index (χ1v) is 11.5. The minimum absolute atomic E-state index is 0.0415. The van der Waals surface area contributed by atoms with Crippen LogP contribution in [0.3, 0.4) is 0 Å². The Kier molecular flexibility index (Phi) is 5.12. The van der Waals surface area contributed by atoms with E-state index >= 15 is 0 Å². The van der Waals surface area contributed by atoms with Crippen LogP contribution in [0.1, 0.15) is 46.0 Å². The predicted octanol–water partition coefficient (Wildman–Crippen LogP) is 1.59. The van der Waals surface area contributed by atoms with E-state index in [0.29, 0.717) is 6.42 Å². The second kappa shape index (κ2) is 7.32. The topological polar surface area (TPSA) is 68.4 Å². The standard InChI is InChI=1S/C21H34F3N5O/c1-20(2)16-14(6-8-26-18(16)27-19(20)30)17-13-4-3-11(21(22,23)24)9-15(13)29(28-17)12-5-7-25-10-12/h11-18,25-26,28H,3-10H2,1-2H3,(H,27,30)/t11?,12-,13?,14?,15?,16?,17?,18?/m0/s1. The molecular weight excluding hydrogens is 395 g/mol. The highest BCUT2D eigenvalue weighted by atomic mass is 19.4. The van der Waals surface area contributed by atoms with E-state index < -0.39 is 17.5 Å². The van der Waals surface area contributed by atoms with Gasteiger partial charge in [-0.3, -0.25) is 15.5 Å². The monoisotopic (exact) mass is 429 g/mol. The number of hydrogen-bond donors (Lipinski definition) is 4. The molecule has 1 saturated carbocycles. The number of amides is 1. The molecule has 4 heterocycles. The van der Waals surface area contributed by atoms with E-state index in [1.807, 2.05) is 13.8 Å². The van der Waals surface area contributed by atoms with E-state index in [0.717, 1.165) is 32.5 Å². The number of hydrogen-bond acceptors (Lipinski definition) is 5. The van der Waals surface area contributed by atoms with E-state index in [2.05, 4.69) is 26.4 Å². The molecule has 8 atom stereocenters. The number of nitrogens with one attached hydrogen (secondary N) is 4. The minimum Gasteiger partial charge on any atom is -0.340 e. The van der Waals surface area contributed by atoms with Gasteiger partial charge >= 0.3 is 6.18 Å². The zero-order valence-electron chi connectivity index (χ0n) is 17.8. The third-order valence-corrected chi connectivity index (χ3v) is 8.70. The first-order valence-electron chi connectivity index (χ1n) is 11.5. The van der Waals surface area contributed by atoms with Crippen molar-refractivity contribution in [3.8, 4) is 0 Å². The SMILES string of the molecule is CC1(C)C(=O)NC2NCCC(C3NN([C@H]4CCNC4)C4CC(C(F)(F)F)CCC34)C21. The summed E-state index contributed by atoms with van der Waals surface area (Å²) >= 11 is 0. The normalized spacial score (nSPS) is 46.5. The smallest absolute Gasteiger partial charge is 0.340 e. The van der Waals surface area contributed by atoms with Gasteiger partial charge in [-0.05, 0) is 57.0 Å². The van der Waals surface area contributed by atoms with Crippen molar-refractivity contribution in [2.75, 3.05) is 19.6 Å². The molecule has 1 aliphatic carbocycles. The number of carbonyl (C=O) groups is 1. The summed E-state index contributed by atoms with van der Waals surface area (Å²) in [7, 11) is 0. The molecule has 170 valence electrons. The van der Waals surface area contributed by atoms with Gasteiger partial charge in [0.25, 0.3) is 0 Å². The van der Waals surface area contributed by atoms with E-state index in [1.165, 1.54) is 0 Å². The average Bonchev–Trinajstić information content (AvgIpc) is 3.38. The van der Waals surface area contributed by atoms with Gasteiger partial charge in [0, 0.05) is 36.0 Å². The number of carbonyl (C=O) groups excluding carboxylic acids is 1. The van der Waals surface area contributed by atoms with Crippen molar-refractivity contribution in [3.63, 3.8) is 0 Å². The Bertz CT molecular complexity index is 680. The van der Waals surface area contributed by atoms with Crippen LogP contribution >= 0.6 is 0 Å². The van der Waals surface area contributed by atoms with Crippen LogP contribution < -0.4 is 21.4 Å². The van der Waals surface area contributed by atoms with Crippen molar-refractivity contribution >= 4 is 5.91 Å². The van der Waals surface area contributed by atoms with Crippen molar-refractivity contribution < 1.29 is 18.0 Å². The molecule has 0 aromatic rings. The zero-order chi connectivity index (χ0) is 21.3. The summed E-state index contributed by atoms with van der Waals surface area (Å²) in [6.45, 7) is 6.59. The number of fused-ring (bicyclic) bond motifs is 2. The Labute approximate surface area is 176 Å². The first-order chi connectivity index (χ1) is 14.2. The van der Waals surface area contributed by atoms with Gasteiger partial charge in [0.05, 0.1) is 12.1 Å². The number of rotatable bonds is 2. The Morgan fingerprint density at radius 2 is 1.87 bits per heavy atom. The van der Waals surface area contributed by atoms with Crippen molar-refractivity contribution in [2.24, 2.45) is 29.1 Å². The Morgan fingerprint density at radius 3 is 2.57 bits per heavy atom. The highest BCUT2D eigenvalue weighted by Crippen LogP contribution is 2.51. The molecule has 0 bridgehead atoms. The molecule has 5 rings (SSSR count). The third-order valence-electron chi connectivity index (χ3n) is 8.70. The van der Waals surface area contributed by atoms with Gasteiger partial charge < -0.3 is 10.6 Å². The molecular formula is C21H34F3N5O. The van der Waals surface area contributed by atoms with Crippen LogP contribution in [-0.2, 0) is 4.79 Å². The fourth-order valence-corrected chi connectivity index (χ4v) is 7.17. The van der Waals surface area contributed by atoms with Crippen LogP contribution in [-0.4, -0.2) is 61.0 Å². The number of hydrazine groups is 1. The molecule has 4 saturated heterocycles. The quantitative estimate of drug-likeness (QED) is 0.537. The molecule has 30 heavy (non-hydrogen) atoms. The van der Waals surface area contributed by atoms with Crippen molar-refractivity contribution in [1.82, 2.24) is 26.4 Å². The molecule has 1 amide bonds. The molecule has 4 N–H and O–H groups in total. The van der Waals surface area contributed by atoms with Gasteiger partial charge in [0.2, 0.25) is 5.91 Å². The fraction of sp³-hybridized carbons (Fsp3) is 0.952. The third kappa shape index (κ3) is 3.27. The van der Waals surface area contributed by atoms with Crippen LogP contribution in [0.15, 0.2) is 0 Å². The lowest BCUT2D eigenvalue weighted by Crippen LogP contribution is -2.57. The van der Waals surface area contributed by atoms with Crippen LogP contribution in [0.25, 0.3) is 0 Å². The average molecular weight is 430 g/mol. The van der Waals surface area contributed by atoms with E-state index in [-0.39, 0.29) is 60.8 Å². The number of nitrogens with zero attached hydrogens (tertiary/aromatic N) is 1. The summed E-state index contributed by atoms with van der Waals surface area (Å²) in [6.07, 6.45) is -1.24. The van der Waals surface area contributed by atoms with Gasteiger partial charge in [0.15, 0.2) is 0 Å². The summed E-state index contributed by atoms with van der Waals surface area (Å²) < 4.78 is 40.7. The van der Waals surface area contributed by atoms with Crippen LogP contribution in [0.4, 0.5) is 13.2 Å². The van der Waals surface area contributed by atoms with Crippen molar-refractivity contribution in [2.45, 2.75) is 76.4 Å². The lowest BCUT2D eigenvalue weighted by Gasteiger charge is -2.44. The molecule has 5 fully saturated rings. The first kappa shape index (κ1) is 21.0. The van der Waals surface area contributed by atoms with Gasteiger partial charge in [-0.25, -0.2) is 5.01 Å². The molecule has 0 radical (unpaired) electrons. The maximum absolute atomic E-state index is 13.6. The second-order valence-electron chi connectivity index (χ2n) is 10.6. The molecule has 7 unspecified atom stereocenters. The predicted molar refractivity (Wildman–Crippen MR) is 106 cm³/mol. The highest BCUT2D eigenvalue weighted by Gasteiger charge is 2.60. The lowest BCUT2D eigenvalue weighted by atomic mass is 9.63. The molecule has 6 nitrogen and oxygen atoms in total. The van der Waals surface area contributed by atoms with Crippen molar-refractivity contribution in [3.05, 3.63) is 0 Å². The molecule has 0 aromatic carbocycles. The van der Waals surface area contributed by atoms with Crippen LogP contribution in [0, 0.1) is 29.1 Å². The highest BCUT2D eigenvalue weighted by molar-refractivity contribution is 5.85. The van der Waals surface area contributed by atoms with E-state index in [1.54, 1.807) is 0 Å². The molecule has 5 aliphatic rings. The van der Waals surface area contributed by atoms with Gasteiger partial charge in [0.1, 0.15) is 0 Å². The number of piperidine rings is 1. The van der Waals surface area contributed by atoms with Gasteiger partial charge in [-0.15, -0.1) is 0 Å². The summed E-state index contributed by atoms with van der Waals surface area (Å²) in [5.74, 6) is -0.523. The maximum atomic E-state index is 13.6. The summed E-state index contributed by atoms with van der Waals surface area (Å²) in [5, 5.41) is 12.1. The van der Waals surface area contributed by atoms with Gasteiger partial charge in [-0.2, -0.15) is 13.2 Å². The Morgan fingerprint density at radius 1 is 1.07 bits per heavy atom. The Balaban J connectivity index is 1.43. The van der Waals surface area contributed by atoms with Crippen LogP contribution in [0.2, 0.25) is 0 Å². The van der Waals surface area contributed by atoms with Crippen LogP contribution in [0.5, 0.6) is 0 Å². The van der Waals surface area contributed by atoms with Gasteiger partial charge in [-0.1, -0.05) is 13.8 Å². The molecule has 4 aliphatic heterocycles. The minimum atomic E-state index is -4.12.